The molecule has 0 unspecified atom stereocenters. The lowest BCUT2D eigenvalue weighted by Gasteiger charge is -2.10. The van der Waals surface area contributed by atoms with Gasteiger partial charge < -0.3 is 9.30 Å². The number of hydrogen-bond donors (Lipinski definition) is 0. The van der Waals surface area contributed by atoms with Gasteiger partial charge in [0, 0.05) is 19.4 Å². The van der Waals surface area contributed by atoms with Gasteiger partial charge in [-0.2, -0.15) is 8.78 Å². The normalized spacial score (nSPS) is 11.1. The van der Waals surface area contributed by atoms with E-state index in [2.05, 4.69) is 24.9 Å². The van der Waals surface area contributed by atoms with Gasteiger partial charge in [0.05, 0.1) is 15.6 Å². The zero-order valence-electron chi connectivity index (χ0n) is 12.1. The van der Waals surface area contributed by atoms with E-state index in [1.807, 2.05) is 0 Å². The second-order valence-electron chi connectivity index (χ2n) is 4.62. The predicted octanol–water partition coefficient (Wildman–Crippen LogP) is 3.85. The first kappa shape index (κ1) is 16.5. The van der Waals surface area contributed by atoms with E-state index in [0.717, 1.165) is 0 Å². The second-order valence-corrected chi connectivity index (χ2v) is 5.47. The van der Waals surface area contributed by atoms with Crippen LogP contribution in [0.2, 0.25) is 10.0 Å². The van der Waals surface area contributed by atoms with Crippen molar-refractivity contribution in [1.82, 2.24) is 24.7 Å². The highest BCUT2D eigenvalue weighted by Crippen LogP contribution is 2.32. The highest BCUT2D eigenvalue weighted by atomic mass is 35.5. The SMILES string of the molecule is Cn1c(-c2cc(Cl)cnc2OC(F)F)nnc1-c1ncccc1Cl. The van der Waals surface area contributed by atoms with Gasteiger partial charge in [-0.25, -0.2) is 4.98 Å². The molecule has 124 valence electrons. The number of rotatable bonds is 4. The molecular weight excluding hydrogens is 363 g/mol. The lowest BCUT2D eigenvalue weighted by atomic mass is 10.2. The average molecular weight is 372 g/mol. The molecule has 0 radical (unpaired) electrons. The zero-order chi connectivity index (χ0) is 17.3. The number of halogens is 4. The molecule has 0 aliphatic rings. The van der Waals surface area contributed by atoms with Gasteiger partial charge in [-0.1, -0.05) is 23.2 Å². The third-order valence-corrected chi connectivity index (χ3v) is 3.62. The molecule has 0 N–H and O–H groups in total. The van der Waals surface area contributed by atoms with Crippen LogP contribution in [0, 0.1) is 0 Å². The van der Waals surface area contributed by atoms with Crippen molar-refractivity contribution in [3.05, 3.63) is 40.6 Å². The van der Waals surface area contributed by atoms with E-state index in [0.29, 0.717) is 16.5 Å². The minimum absolute atomic E-state index is 0.177. The molecule has 0 amide bonds. The van der Waals surface area contributed by atoms with Crippen molar-refractivity contribution in [3.8, 4) is 28.8 Å². The summed E-state index contributed by atoms with van der Waals surface area (Å²) in [6, 6.07) is 4.75. The molecular formula is C14H9Cl2F2N5O. The summed E-state index contributed by atoms with van der Waals surface area (Å²) in [4.78, 5) is 7.93. The van der Waals surface area contributed by atoms with Crippen molar-refractivity contribution in [1.29, 1.82) is 0 Å². The molecule has 24 heavy (non-hydrogen) atoms. The largest absolute Gasteiger partial charge is 0.416 e. The molecule has 0 aliphatic carbocycles. The molecule has 3 aromatic heterocycles. The molecule has 6 nitrogen and oxygen atoms in total. The van der Waals surface area contributed by atoms with Crippen LogP contribution in [0.5, 0.6) is 5.88 Å². The predicted molar refractivity (Wildman–Crippen MR) is 84.1 cm³/mol. The monoisotopic (exact) mass is 371 g/mol. The first-order valence-corrected chi connectivity index (χ1v) is 7.34. The average Bonchev–Trinajstić information content (AvgIpc) is 2.91. The molecule has 0 spiro atoms. The van der Waals surface area contributed by atoms with Gasteiger partial charge in [-0.05, 0) is 18.2 Å². The van der Waals surface area contributed by atoms with Crippen LogP contribution in [-0.2, 0) is 7.05 Å². The molecule has 0 aliphatic heterocycles. The Morgan fingerprint density at radius 1 is 1.17 bits per heavy atom. The lowest BCUT2D eigenvalue weighted by Crippen LogP contribution is -2.06. The van der Waals surface area contributed by atoms with Crippen LogP contribution in [0.4, 0.5) is 8.78 Å². The third kappa shape index (κ3) is 3.15. The summed E-state index contributed by atoms with van der Waals surface area (Å²) in [6.45, 7) is -3.03. The summed E-state index contributed by atoms with van der Waals surface area (Å²) < 4.78 is 31.1. The van der Waals surface area contributed by atoms with Gasteiger partial charge in [0.2, 0.25) is 5.88 Å². The molecule has 0 aromatic carbocycles. The molecule has 10 heteroatoms. The molecule has 0 bridgehead atoms. The van der Waals surface area contributed by atoms with E-state index in [4.69, 9.17) is 23.2 Å². The number of alkyl halides is 2. The van der Waals surface area contributed by atoms with Crippen LogP contribution >= 0.6 is 23.2 Å². The maximum Gasteiger partial charge on any atom is 0.388 e. The maximum absolute atomic E-state index is 12.6. The minimum Gasteiger partial charge on any atom is -0.416 e. The van der Waals surface area contributed by atoms with Crippen molar-refractivity contribution >= 4 is 23.2 Å². The van der Waals surface area contributed by atoms with E-state index in [1.165, 1.54) is 12.3 Å². The standard InChI is InChI=1S/C14H9Cl2F2N5O/c1-23-11(8-5-7(15)6-20-13(8)24-14(17)18)21-22-12(23)10-9(16)3-2-4-19-10/h2-6,14H,1H3. The molecule has 0 fully saturated rings. The van der Waals surface area contributed by atoms with Gasteiger partial charge >= 0.3 is 6.61 Å². The van der Waals surface area contributed by atoms with E-state index in [-0.39, 0.29) is 22.3 Å². The van der Waals surface area contributed by atoms with Crippen LogP contribution in [0.15, 0.2) is 30.6 Å². The number of aromatic nitrogens is 5. The highest BCUT2D eigenvalue weighted by Gasteiger charge is 2.21. The minimum atomic E-state index is -3.03. The van der Waals surface area contributed by atoms with Crippen LogP contribution in [-0.4, -0.2) is 31.3 Å². The summed E-state index contributed by atoms with van der Waals surface area (Å²) in [6.07, 6.45) is 2.76. The van der Waals surface area contributed by atoms with E-state index in [1.54, 1.807) is 29.9 Å². The number of hydrogen-bond acceptors (Lipinski definition) is 5. The van der Waals surface area contributed by atoms with Crippen molar-refractivity contribution in [2.45, 2.75) is 6.61 Å². The Hall–Kier alpha value is -2.32. The summed E-state index contributed by atoms with van der Waals surface area (Å²) in [5.74, 6) is 0.291. The Balaban J connectivity index is 2.12. The Bertz CT molecular complexity index is 887. The topological polar surface area (TPSA) is 65.7 Å². The van der Waals surface area contributed by atoms with Crippen molar-refractivity contribution in [2.24, 2.45) is 7.05 Å². The van der Waals surface area contributed by atoms with Crippen molar-refractivity contribution < 1.29 is 13.5 Å². The van der Waals surface area contributed by atoms with Crippen LogP contribution in [0.3, 0.4) is 0 Å². The second kappa shape index (κ2) is 6.66. The maximum atomic E-state index is 12.6. The van der Waals surface area contributed by atoms with Crippen molar-refractivity contribution in [2.75, 3.05) is 0 Å². The fourth-order valence-corrected chi connectivity index (χ4v) is 2.45. The summed E-state index contributed by atoms with van der Waals surface area (Å²) in [7, 11) is 1.64. The number of pyridine rings is 2. The Morgan fingerprint density at radius 3 is 2.62 bits per heavy atom. The first-order chi connectivity index (χ1) is 11.5. The van der Waals surface area contributed by atoms with Crippen LogP contribution < -0.4 is 4.74 Å². The molecule has 3 heterocycles. The van der Waals surface area contributed by atoms with Crippen molar-refractivity contribution in [3.63, 3.8) is 0 Å². The number of nitrogens with zero attached hydrogens (tertiary/aromatic N) is 5. The summed E-state index contributed by atoms with van der Waals surface area (Å²) in [5.41, 5.74) is 0.586. The quantitative estimate of drug-likeness (QED) is 0.696. The van der Waals surface area contributed by atoms with Gasteiger partial charge in [-0.3, -0.25) is 4.98 Å². The smallest absolute Gasteiger partial charge is 0.388 e. The molecule has 0 atom stereocenters. The Morgan fingerprint density at radius 2 is 1.92 bits per heavy atom. The van der Waals surface area contributed by atoms with Gasteiger partial charge in [0.1, 0.15) is 5.69 Å². The molecule has 3 aromatic rings. The van der Waals surface area contributed by atoms with E-state index < -0.39 is 6.61 Å². The van der Waals surface area contributed by atoms with Gasteiger partial charge in [0.25, 0.3) is 0 Å². The van der Waals surface area contributed by atoms with E-state index in [9.17, 15) is 8.78 Å². The third-order valence-electron chi connectivity index (χ3n) is 3.10. The van der Waals surface area contributed by atoms with Crippen LogP contribution in [0.1, 0.15) is 0 Å². The summed E-state index contributed by atoms with van der Waals surface area (Å²) in [5, 5.41) is 8.65. The summed E-state index contributed by atoms with van der Waals surface area (Å²) >= 11 is 12.0. The highest BCUT2D eigenvalue weighted by molar-refractivity contribution is 6.32. The molecule has 0 saturated carbocycles. The molecule has 3 rings (SSSR count). The Kier molecular flexibility index (Phi) is 4.59. The Labute approximate surface area is 145 Å². The fraction of sp³-hybridized carbons (Fsp3) is 0.143. The fourth-order valence-electron chi connectivity index (χ4n) is 2.09. The molecule has 0 saturated heterocycles. The van der Waals surface area contributed by atoms with Gasteiger partial charge in [0.15, 0.2) is 11.6 Å². The first-order valence-electron chi connectivity index (χ1n) is 6.58. The lowest BCUT2D eigenvalue weighted by molar-refractivity contribution is -0.0524. The van der Waals surface area contributed by atoms with Crippen LogP contribution in [0.25, 0.3) is 22.9 Å². The van der Waals surface area contributed by atoms with E-state index >= 15 is 0 Å². The number of ether oxygens (including phenoxy) is 1. The zero-order valence-corrected chi connectivity index (χ0v) is 13.6. The van der Waals surface area contributed by atoms with Gasteiger partial charge in [-0.15, -0.1) is 10.2 Å².